The van der Waals surface area contributed by atoms with Crippen molar-refractivity contribution < 1.29 is 4.39 Å². The van der Waals surface area contributed by atoms with Gasteiger partial charge in [0.05, 0.1) is 5.56 Å². The van der Waals surface area contributed by atoms with Gasteiger partial charge in [-0.05, 0) is 50.4 Å². The van der Waals surface area contributed by atoms with Crippen LogP contribution < -0.4 is 10.6 Å². The first-order chi connectivity index (χ1) is 11.8. The third kappa shape index (κ3) is 4.29. The van der Waals surface area contributed by atoms with Crippen LogP contribution in [0.5, 0.6) is 0 Å². The van der Waals surface area contributed by atoms with E-state index in [0.29, 0.717) is 17.3 Å². The summed E-state index contributed by atoms with van der Waals surface area (Å²) in [4.78, 5) is 9.10. The molecule has 0 amide bonds. The second kappa shape index (κ2) is 8.20. The maximum absolute atomic E-state index is 14.1. The van der Waals surface area contributed by atoms with Crippen molar-refractivity contribution in [3.8, 4) is 11.4 Å². The highest BCUT2D eigenvalue weighted by Gasteiger charge is 2.14. The molecule has 2 N–H and O–H groups in total. The Labute approximate surface area is 142 Å². The predicted octanol–water partition coefficient (Wildman–Crippen LogP) is 3.65. The van der Waals surface area contributed by atoms with Gasteiger partial charge in [-0.3, -0.25) is 0 Å². The number of aromatic nitrogens is 2. The molecule has 1 aliphatic heterocycles. The lowest BCUT2D eigenvalue weighted by atomic mass is 9.98. The molecule has 0 aliphatic carbocycles. The molecule has 0 bridgehead atoms. The lowest BCUT2D eigenvalue weighted by Gasteiger charge is -2.23. The molecule has 2 heterocycles. The first kappa shape index (κ1) is 16.8. The molecule has 1 fully saturated rings. The van der Waals surface area contributed by atoms with Gasteiger partial charge < -0.3 is 10.6 Å². The van der Waals surface area contributed by atoms with Crippen LogP contribution in [-0.2, 0) is 6.42 Å². The van der Waals surface area contributed by atoms with Gasteiger partial charge in [0, 0.05) is 18.3 Å². The van der Waals surface area contributed by atoms with Crippen LogP contribution in [0.4, 0.5) is 10.2 Å². The Morgan fingerprint density at radius 1 is 1.21 bits per heavy atom. The summed E-state index contributed by atoms with van der Waals surface area (Å²) in [5, 5.41) is 6.82. The summed E-state index contributed by atoms with van der Waals surface area (Å²) in [7, 11) is 0. The number of piperidine rings is 1. The minimum atomic E-state index is -0.282. The van der Waals surface area contributed by atoms with E-state index in [1.165, 1.54) is 18.9 Å². The largest absolute Gasteiger partial charge is 0.370 e. The van der Waals surface area contributed by atoms with Crippen molar-refractivity contribution in [3.63, 3.8) is 0 Å². The lowest BCUT2D eigenvalue weighted by molar-refractivity contribution is 0.389. The van der Waals surface area contributed by atoms with E-state index >= 15 is 0 Å². The number of hydrogen-bond acceptors (Lipinski definition) is 4. The van der Waals surface area contributed by atoms with Crippen molar-refractivity contribution in [1.29, 1.82) is 0 Å². The molecule has 0 radical (unpaired) electrons. The third-order valence-corrected chi connectivity index (χ3v) is 4.43. The van der Waals surface area contributed by atoms with Gasteiger partial charge in [-0.15, -0.1) is 0 Å². The highest BCUT2D eigenvalue weighted by atomic mass is 19.1. The predicted molar refractivity (Wildman–Crippen MR) is 95.5 cm³/mol. The number of anilines is 1. The fourth-order valence-corrected chi connectivity index (χ4v) is 3.07. The summed E-state index contributed by atoms with van der Waals surface area (Å²) in [6.45, 7) is 5.18. The Balaban J connectivity index is 1.81. The lowest BCUT2D eigenvalue weighted by Crippen LogP contribution is -2.31. The minimum absolute atomic E-state index is 0.282. The Morgan fingerprint density at radius 3 is 2.75 bits per heavy atom. The number of rotatable bonds is 6. The zero-order valence-corrected chi connectivity index (χ0v) is 14.2. The normalized spacial score (nSPS) is 15.4. The Hall–Kier alpha value is -2.01. The van der Waals surface area contributed by atoms with Gasteiger partial charge in [0.15, 0.2) is 5.82 Å². The first-order valence-corrected chi connectivity index (χ1v) is 8.83. The summed E-state index contributed by atoms with van der Waals surface area (Å²) in [5.74, 6) is 1.64. The number of halogens is 1. The zero-order valence-electron chi connectivity index (χ0n) is 14.2. The molecule has 24 heavy (non-hydrogen) atoms. The summed E-state index contributed by atoms with van der Waals surface area (Å²) >= 11 is 0. The third-order valence-electron chi connectivity index (χ3n) is 4.43. The molecule has 1 aromatic heterocycles. The summed E-state index contributed by atoms with van der Waals surface area (Å²) < 4.78 is 14.1. The van der Waals surface area contributed by atoms with Crippen LogP contribution in [0.1, 0.15) is 31.9 Å². The monoisotopic (exact) mass is 328 g/mol. The summed E-state index contributed by atoms with van der Waals surface area (Å²) in [5.41, 5.74) is 1.42. The van der Waals surface area contributed by atoms with Crippen LogP contribution in [-0.4, -0.2) is 29.6 Å². The molecule has 0 saturated carbocycles. The van der Waals surface area contributed by atoms with E-state index in [9.17, 15) is 4.39 Å². The molecular formula is C19H25FN4. The molecule has 1 aromatic carbocycles. The van der Waals surface area contributed by atoms with Crippen LogP contribution in [0.15, 0.2) is 30.3 Å². The van der Waals surface area contributed by atoms with E-state index in [0.717, 1.165) is 44.0 Å². The zero-order chi connectivity index (χ0) is 16.8. The van der Waals surface area contributed by atoms with E-state index in [2.05, 4.69) is 27.5 Å². The number of nitrogens with one attached hydrogen (secondary N) is 2. The summed E-state index contributed by atoms with van der Waals surface area (Å²) in [6.07, 6.45) is 4.23. The van der Waals surface area contributed by atoms with Crippen molar-refractivity contribution >= 4 is 5.82 Å². The van der Waals surface area contributed by atoms with Gasteiger partial charge in [0.1, 0.15) is 11.6 Å². The topological polar surface area (TPSA) is 49.8 Å². The van der Waals surface area contributed by atoms with Gasteiger partial charge in [0.2, 0.25) is 0 Å². The molecule has 5 heteroatoms. The Morgan fingerprint density at radius 2 is 2.00 bits per heavy atom. The molecule has 0 atom stereocenters. The van der Waals surface area contributed by atoms with E-state index in [-0.39, 0.29) is 5.82 Å². The van der Waals surface area contributed by atoms with Crippen molar-refractivity contribution in [2.75, 3.05) is 25.0 Å². The van der Waals surface area contributed by atoms with Crippen LogP contribution in [0.2, 0.25) is 0 Å². The van der Waals surface area contributed by atoms with Gasteiger partial charge in [-0.1, -0.05) is 25.5 Å². The second-order valence-electron chi connectivity index (χ2n) is 6.37. The maximum atomic E-state index is 14.1. The SMILES string of the molecule is CCCc1cc(NCC2CCNCC2)nc(-c2ccccc2F)n1. The van der Waals surface area contributed by atoms with E-state index in [1.807, 2.05) is 12.1 Å². The van der Waals surface area contributed by atoms with Gasteiger partial charge in [0.25, 0.3) is 0 Å². The van der Waals surface area contributed by atoms with Crippen molar-refractivity contribution in [2.24, 2.45) is 5.92 Å². The summed E-state index contributed by atoms with van der Waals surface area (Å²) in [6, 6.07) is 8.68. The standard InChI is InChI=1S/C19H25FN4/c1-2-5-15-12-18(22-13-14-8-10-21-11-9-14)24-19(23-15)16-6-3-4-7-17(16)20/h3-4,6-7,12,14,21H,2,5,8-11,13H2,1H3,(H,22,23,24). The molecule has 1 aliphatic rings. The average molecular weight is 328 g/mol. The molecular weight excluding hydrogens is 303 g/mol. The molecule has 1 saturated heterocycles. The molecule has 0 unspecified atom stereocenters. The molecule has 128 valence electrons. The van der Waals surface area contributed by atoms with Crippen molar-refractivity contribution in [1.82, 2.24) is 15.3 Å². The maximum Gasteiger partial charge on any atom is 0.164 e. The highest BCUT2D eigenvalue weighted by molar-refractivity contribution is 5.58. The van der Waals surface area contributed by atoms with Crippen LogP contribution in [0, 0.1) is 11.7 Å². The van der Waals surface area contributed by atoms with Crippen LogP contribution >= 0.6 is 0 Å². The first-order valence-electron chi connectivity index (χ1n) is 8.83. The number of nitrogens with zero attached hydrogens (tertiary/aromatic N) is 2. The van der Waals surface area contributed by atoms with Crippen LogP contribution in [0.25, 0.3) is 11.4 Å². The van der Waals surface area contributed by atoms with Crippen LogP contribution in [0.3, 0.4) is 0 Å². The fraction of sp³-hybridized carbons (Fsp3) is 0.474. The average Bonchev–Trinajstić information content (AvgIpc) is 2.61. The number of hydrogen-bond donors (Lipinski definition) is 2. The Bertz CT molecular complexity index is 668. The number of benzene rings is 1. The second-order valence-corrected chi connectivity index (χ2v) is 6.37. The van der Waals surface area contributed by atoms with Gasteiger partial charge in [-0.25, -0.2) is 14.4 Å². The molecule has 3 rings (SSSR count). The van der Waals surface area contributed by atoms with E-state index < -0.39 is 0 Å². The molecule has 0 spiro atoms. The van der Waals surface area contributed by atoms with Crippen molar-refractivity contribution in [2.45, 2.75) is 32.6 Å². The smallest absolute Gasteiger partial charge is 0.164 e. The molecule has 4 nitrogen and oxygen atoms in total. The van der Waals surface area contributed by atoms with E-state index in [1.54, 1.807) is 12.1 Å². The van der Waals surface area contributed by atoms with Crippen molar-refractivity contribution in [3.05, 3.63) is 41.8 Å². The Kier molecular flexibility index (Phi) is 5.75. The quantitative estimate of drug-likeness (QED) is 0.850. The fourth-order valence-electron chi connectivity index (χ4n) is 3.07. The van der Waals surface area contributed by atoms with Gasteiger partial charge >= 0.3 is 0 Å². The number of aryl methyl sites for hydroxylation is 1. The van der Waals surface area contributed by atoms with Gasteiger partial charge in [-0.2, -0.15) is 0 Å². The van der Waals surface area contributed by atoms with E-state index in [4.69, 9.17) is 0 Å². The minimum Gasteiger partial charge on any atom is -0.370 e. The molecule has 2 aromatic rings. The highest BCUT2D eigenvalue weighted by Crippen LogP contribution is 2.22.